The van der Waals surface area contributed by atoms with Crippen molar-refractivity contribution < 1.29 is 14.0 Å². The number of carbonyl (C=O) groups is 1. The van der Waals surface area contributed by atoms with E-state index in [9.17, 15) is 4.79 Å². The molecule has 0 bridgehead atoms. The zero-order valence-electron chi connectivity index (χ0n) is 17.4. The highest BCUT2D eigenvalue weighted by Gasteiger charge is 2.45. The first-order chi connectivity index (χ1) is 11.3. The second kappa shape index (κ2) is 7.20. The molecule has 0 aromatic rings. The minimum absolute atomic E-state index is 0.123. The lowest BCUT2D eigenvalue weighted by atomic mass is 9.76. The van der Waals surface area contributed by atoms with Crippen LogP contribution in [0, 0.1) is 11.8 Å². The van der Waals surface area contributed by atoms with Crippen LogP contribution in [0.4, 0.5) is 4.79 Å². The highest BCUT2D eigenvalue weighted by molar-refractivity contribution is 6.74. The van der Waals surface area contributed by atoms with E-state index in [1.165, 1.54) is 0 Å². The molecule has 1 aliphatic heterocycles. The Balaban J connectivity index is 2.05. The molecule has 6 heteroatoms. The van der Waals surface area contributed by atoms with Crippen LogP contribution < -0.4 is 10.6 Å². The summed E-state index contributed by atoms with van der Waals surface area (Å²) in [4.78, 5) is 12.3. The van der Waals surface area contributed by atoms with Crippen molar-refractivity contribution in [2.75, 3.05) is 13.1 Å². The van der Waals surface area contributed by atoms with Crippen molar-refractivity contribution in [2.24, 2.45) is 11.8 Å². The largest absolute Gasteiger partial charge is 0.444 e. The van der Waals surface area contributed by atoms with E-state index in [1.54, 1.807) is 0 Å². The maximum absolute atomic E-state index is 12.3. The Bertz CT molecular complexity index is 482. The lowest BCUT2D eigenvalue weighted by Gasteiger charge is -2.44. The van der Waals surface area contributed by atoms with Gasteiger partial charge < -0.3 is 19.8 Å². The van der Waals surface area contributed by atoms with Crippen LogP contribution in [0.3, 0.4) is 0 Å². The molecule has 1 heterocycles. The van der Waals surface area contributed by atoms with Gasteiger partial charge in [-0.1, -0.05) is 20.8 Å². The highest BCUT2D eigenvalue weighted by Crippen LogP contribution is 2.41. The van der Waals surface area contributed by atoms with E-state index in [0.29, 0.717) is 11.8 Å². The summed E-state index contributed by atoms with van der Waals surface area (Å²) < 4.78 is 12.2. The number of rotatable bonds is 3. The summed E-state index contributed by atoms with van der Waals surface area (Å²) in [5.41, 5.74) is -0.469. The van der Waals surface area contributed by atoms with Crippen molar-refractivity contribution in [1.82, 2.24) is 10.6 Å². The molecule has 0 aromatic carbocycles. The molecule has 146 valence electrons. The topological polar surface area (TPSA) is 59.6 Å². The highest BCUT2D eigenvalue weighted by atomic mass is 28.4. The molecule has 2 N–H and O–H groups in total. The maximum atomic E-state index is 12.3. The summed E-state index contributed by atoms with van der Waals surface area (Å²) in [5, 5.41) is 6.83. The zero-order valence-corrected chi connectivity index (χ0v) is 18.4. The van der Waals surface area contributed by atoms with Gasteiger partial charge in [-0.05, 0) is 70.1 Å². The van der Waals surface area contributed by atoms with E-state index in [0.717, 1.165) is 25.9 Å². The van der Waals surface area contributed by atoms with Crippen LogP contribution in [0.1, 0.15) is 54.4 Å². The van der Waals surface area contributed by atoms with Gasteiger partial charge in [0.1, 0.15) is 5.60 Å². The number of amides is 1. The third-order valence-corrected chi connectivity index (χ3v) is 10.5. The normalized spacial score (nSPS) is 30.7. The lowest BCUT2D eigenvalue weighted by molar-refractivity contribution is 0.0350. The maximum Gasteiger partial charge on any atom is 0.407 e. The molecule has 1 amide bonds. The number of fused-ring (bicyclic) bond motifs is 1. The van der Waals surface area contributed by atoms with Gasteiger partial charge in [0.05, 0.1) is 0 Å². The molecule has 0 radical (unpaired) electrons. The molecular weight excluding hydrogens is 332 g/mol. The first kappa shape index (κ1) is 20.7. The van der Waals surface area contributed by atoms with E-state index in [1.807, 2.05) is 20.8 Å². The van der Waals surface area contributed by atoms with E-state index >= 15 is 0 Å². The fourth-order valence-electron chi connectivity index (χ4n) is 3.69. The number of nitrogens with one attached hydrogen (secondary N) is 2. The van der Waals surface area contributed by atoms with Crippen LogP contribution in [0.2, 0.25) is 18.1 Å². The number of hydrogen-bond acceptors (Lipinski definition) is 4. The van der Waals surface area contributed by atoms with E-state index in [-0.39, 0.29) is 23.3 Å². The summed E-state index contributed by atoms with van der Waals surface area (Å²) in [6, 6.07) is 0.123. The molecule has 1 unspecified atom stereocenters. The van der Waals surface area contributed by atoms with Gasteiger partial charge in [0.15, 0.2) is 8.32 Å². The van der Waals surface area contributed by atoms with Gasteiger partial charge in [0.2, 0.25) is 0 Å². The van der Waals surface area contributed by atoms with Gasteiger partial charge in [-0.3, -0.25) is 0 Å². The van der Waals surface area contributed by atoms with Crippen LogP contribution in [0.15, 0.2) is 0 Å². The van der Waals surface area contributed by atoms with Crippen molar-refractivity contribution >= 4 is 14.4 Å². The van der Waals surface area contributed by atoms with Gasteiger partial charge in [-0.25, -0.2) is 4.79 Å². The van der Waals surface area contributed by atoms with Gasteiger partial charge in [-0.15, -0.1) is 0 Å². The minimum atomic E-state index is -1.81. The van der Waals surface area contributed by atoms with Crippen molar-refractivity contribution in [3.8, 4) is 0 Å². The monoisotopic (exact) mass is 370 g/mol. The van der Waals surface area contributed by atoms with Crippen molar-refractivity contribution in [3.05, 3.63) is 0 Å². The molecule has 2 rings (SSSR count). The molecule has 5 nitrogen and oxygen atoms in total. The smallest absolute Gasteiger partial charge is 0.407 e. The van der Waals surface area contributed by atoms with Gasteiger partial charge in [0.25, 0.3) is 0 Å². The van der Waals surface area contributed by atoms with Gasteiger partial charge in [0, 0.05) is 18.7 Å². The van der Waals surface area contributed by atoms with E-state index in [4.69, 9.17) is 9.16 Å². The van der Waals surface area contributed by atoms with Crippen LogP contribution in [0.25, 0.3) is 0 Å². The molecule has 2 fully saturated rings. The fourth-order valence-corrected chi connectivity index (χ4v) is 5.07. The molecule has 0 aromatic heterocycles. The Labute approximate surface area is 154 Å². The number of ether oxygens (including phenoxy) is 1. The van der Waals surface area contributed by atoms with Crippen LogP contribution in [-0.2, 0) is 9.16 Å². The second-order valence-corrected chi connectivity index (χ2v) is 15.1. The molecule has 1 aliphatic carbocycles. The van der Waals surface area contributed by atoms with Crippen LogP contribution in [-0.4, -0.2) is 45.2 Å². The minimum Gasteiger partial charge on any atom is -0.444 e. The molecular formula is C19H38N2O3Si. The Hall–Kier alpha value is -0.593. The number of carbonyl (C=O) groups excluding carboxylic acids is 1. The Morgan fingerprint density at radius 3 is 2.28 bits per heavy atom. The number of alkyl carbamates (subject to hydrolysis) is 1. The summed E-state index contributed by atoms with van der Waals surface area (Å²) in [6.45, 7) is 19.1. The van der Waals surface area contributed by atoms with Crippen LogP contribution >= 0.6 is 0 Å². The average molecular weight is 371 g/mol. The van der Waals surface area contributed by atoms with E-state index < -0.39 is 13.9 Å². The third kappa shape index (κ3) is 5.44. The second-order valence-electron chi connectivity index (χ2n) is 10.3. The fraction of sp³-hybridized carbons (Fsp3) is 0.947. The molecule has 1 saturated heterocycles. The molecule has 4 atom stereocenters. The SMILES string of the molecule is CC(C)(C)OC(=O)N[C@@H]1CC(O[Si](C)(C)C(C)(C)C)C[C@@H]2CNC[C@@H]21. The number of hydrogen-bond donors (Lipinski definition) is 2. The predicted octanol–water partition coefficient (Wildman–Crippen LogP) is 3.90. The lowest BCUT2D eigenvalue weighted by Crippen LogP contribution is -2.53. The predicted molar refractivity (Wildman–Crippen MR) is 104 cm³/mol. The Morgan fingerprint density at radius 1 is 1.08 bits per heavy atom. The van der Waals surface area contributed by atoms with Gasteiger partial charge in [-0.2, -0.15) is 0 Å². The molecule has 25 heavy (non-hydrogen) atoms. The summed E-state index contributed by atoms with van der Waals surface area (Å²) in [5.74, 6) is 1.05. The quantitative estimate of drug-likeness (QED) is 0.740. The van der Waals surface area contributed by atoms with Gasteiger partial charge >= 0.3 is 6.09 Å². The first-order valence-electron chi connectivity index (χ1n) is 9.66. The Morgan fingerprint density at radius 2 is 1.72 bits per heavy atom. The molecule has 0 spiro atoms. The van der Waals surface area contributed by atoms with Crippen molar-refractivity contribution in [1.29, 1.82) is 0 Å². The summed E-state index contributed by atoms with van der Waals surface area (Å²) in [7, 11) is -1.81. The summed E-state index contributed by atoms with van der Waals surface area (Å²) in [6.07, 6.45) is 1.89. The molecule has 2 aliphatic rings. The Kier molecular flexibility index (Phi) is 5.96. The van der Waals surface area contributed by atoms with E-state index in [2.05, 4.69) is 44.5 Å². The molecule has 1 saturated carbocycles. The summed E-state index contributed by atoms with van der Waals surface area (Å²) >= 11 is 0. The average Bonchev–Trinajstić information content (AvgIpc) is 2.82. The van der Waals surface area contributed by atoms with Crippen molar-refractivity contribution in [2.45, 2.75) is 90.3 Å². The zero-order chi connectivity index (χ0) is 19.0. The standard InChI is InChI=1S/C19H38N2O3Si/c1-18(2,3)23-17(22)21-16-10-14(9-13-11-20-12-15(13)16)24-25(7,8)19(4,5)6/h13-16,20H,9-12H2,1-8H3,(H,21,22)/t13-,14?,15+,16-/m1/s1. The van der Waals surface area contributed by atoms with Crippen LogP contribution in [0.5, 0.6) is 0 Å². The van der Waals surface area contributed by atoms with Crippen molar-refractivity contribution in [3.63, 3.8) is 0 Å². The first-order valence-corrected chi connectivity index (χ1v) is 12.6. The third-order valence-electron chi connectivity index (χ3n) is 5.96.